The van der Waals surface area contributed by atoms with Crippen LogP contribution in [0.5, 0.6) is 5.88 Å². The van der Waals surface area contributed by atoms with Gasteiger partial charge in [0, 0.05) is 26.2 Å². The molecule has 4 rings (SSSR count). The van der Waals surface area contributed by atoms with Gasteiger partial charge in [-0.25, -0.2) is 4.98 Å². The largest absolute Gasteiger partial charge is 0.480 e. The molecule has 8 nitrogen and oxygen atoms in total. The molecule has 1 atom stereocenters. The number of fused-ring (bicyclic) bond motifs is 1. The summed E-state index contributed by atoms with van der Waals surface area (Å²) in [6.07, 6.45) is 1.81. The van der Waals surface area contributed by atoms with Crippen molar-refractivity contribution in [2.45, 2.75) is 19.4 Å². The van der Waals surface area contributed by atoms with Crippen LogP contribution in [0.25, 0.3) is 11.0 Å². The molecule has 1 N–H and O–H groups in total. The van der Waals surface area contributed by atoms with Crippen LogP contribution in [0.4, 0.5) is 5.82 Å². The second kappa shape index (κ2) is 7.84. The van der Waals surface area contributed by atoms with Gasteiger partial charge >= 0.3 is 0 Å². The Hall–Kier alpha value is -3.16. The number of anilines is 1. The minimum absolute atomic E-state index is 0.0539. The minimum atomic E-state index is -0.0765. The molecule has 1 aliphatic heterocycles. The van der Waals surface area contributed by atoms with E-state index in [1.165, 1.54) is 0 Å². The lowest BCUT2D eigenvalue weighted by Crippen LogP contribution is -2.43. The molecule has 1 fully saturated rings. The van der Waals surface area contributed by atoms with Gasteiger partial charge in [0.2, 0.25) is 11.8 Å². The molecular formula is C20H24N6O2. The molecule has 0 spiro atoms. The number of hydrogen-bond donors (Lipinski definition) is 1. The Kier molecular flexibility index (Phi) is 5.10. The molecule has 2 aromatic heterocycles. The van der Waals surface area contributed by atoms with E-state index in [0.717, 1.165) is 42.1 Å². The highest BCUT2D eigenvalue weighted by atomic mass is 16.5. The summed E-state index contributed by atoms with van der Waals surface area (Å²) in [7, 11) is 3.54. The van der Waals surface area contributed by atoms with Gasteiger partial charge in [-0.2, -0.15) is 0 Å². The summed E-state index contributed by atoms with van der Waals surface area (Å²) >= 11 is 0. The van der Waals surface area contributed by atoms with Crippen LogP contribution in [-0.4, -0.2) is 45.9 Å². The topological polar surface area (TPSA) is 85.2 Å². The van der Waals surface area contributed by atoms with Crippen molar-refractivity contribution in [1.29, 1.82) is 0 Å². The van der Waals surface area contributed by atoms with Gasteiger partial charge in [-0.1, -0.05) is 12.1 Å². The molecule has 0 aliphatic carbocycles. The molecule has 1 saturated heterocycles. The Morgan fingerprint density at radius 2 is 2.11 bits per heavy atom. The third-order valence-electron chi connectivity index (χ3n) is 5.25. The Balaban J connectivity index is 1.39. The van der Waals surface area contributed by atoms with Crippen molar-refractivity contribution in [3.63, 3.8) is 0 Å². The number of ether oxygens (including phenoxy) is 1. The van der Waals surface area contributed by atoms with Crippen LogP contribution in [-0.2, 0) is 18.4 Å². The predicted octanol–water partition coefficient (Wildman–Crippen LogP) is 1.90. The highest BCUT2D eigenvalue weighted by Crippen LogP contribution is 2.22. The number of para-hydroxylation sites is 2. The first kappa shape index (κ1) is 18.2. The van der Waals surface area contributed by atoms with Crippen molar-refractivity contribution < 1.29 is 9.53 Å². The van der Waals surface area contributed by atoms with E-state index in [0.29, 0.717) is 19.0 Å². The third-order valence-corrected chi connectivity index (χ3v) is 5.25. The fraction of sp³-hybridized carbons (Fsp3) is 0.400. The smallest absolute Gasteiger partial charge is 0.233 e. The first-order valence-corrected chi connectivity index (χ1v) is 9.46. The lowest BCUT2D eigenvalue weighted by molar-refractivity contribution is -0.125. The van der Waals surface area contributed by atoms with Gasteiger partial charge in [0.1, 0.15) is 5.82 Å². The predicted molar refractivity (Wildman–Crippen MR) is 106 cm³/mol. The maximum absolute atomic E-state index is 12.7. The van der Waals surface area contributed by atoms with E-state index < -0.39 is 0 Å². The number of methoxy groups -OCH3 is 1. The van der Waals surface area contributed by atoms with Crippen LogP contribution in [0.15, 0.2) is 36.4 Å². The molecule has 1 aromatic carbocycles. The fourth-order valence-corrected chi connectivity index (χ4v) is 3.65. The second-order valence-corrected chi connectivity index (χ2v) is 7.01. The van der Waals surface area contributed by atoms with E-state index in [4.69, 9.17) is 4.74 Å². The maximum Gasteiger partial charge on any atom is 0.233 e. The number of amides is 1. The molecule has 0 bridgehead atoms. The summed E-state index contributed by atoms with van der Waals surface area (Å²) in [6, 6.07) is 11.6. The lowest BCUT2D eigenvalue weighted by atomic mass is 9.97. The van der Waals surface area contributed by atoms with E-state index in [1.807, 2.05) is 41.9 Å². The molecule has 3 heterocycles. The molecule has 3 aromatic rings. The number of imidazole rings is 1. The molecule has 1 amide bonds. The minimum Gasteiger partial charge on any atom is -0.480 e. The zero-order valence-electron chi connectivity index (χ0n) is 16.1. The number of piperidine rings is 1. The highest BCUT2D eigenvalue weighted by molar-refractivity contribution is 5.80. The Morgan fingerprint density at radius 3 is 2.86 bits per heavy atom. The SMILES string of the molecule is COc1ccc(N2CCCC(C(=O)NCc3nc4ccccc4n3C)C2)nn1. The number of nitrogens with one attached hydrogen (secondary N) is 1. The summed E-state index contributed by atoms with van der Waals surface area (Å²) in [6.45, 7) is 1.92. The van der Waals surface area contributed by atoms with Crippen molar-refractivity contribution in [2.75, 3.05) is 25.1 Å². The molecule has 0 radical (unpaired) electrons. The van der Waals surface area contributed by atoms with Gasteiger partial charge in [0.15, 0.2) is 5.82 Å². The summed E-state index contributed by atoms with van der Waals surface area (Å²) in [5.74, 6) is 2.08. The molecule has 0 saturated carbocycles. The van der Waals surface area contributed by atoms with Crippen molar-refractivity contribution in [3.05, 3.63) is 42.2 Å². The molecular weight excluding hydrogens is 356 g/mol. The average molecular weight is 380 g/mol. The molecule has 146 valence electrons. The van der Waals surface area contributed by atoms with E-state index in [-0.39, 0.29) is 11.8 Å². The van der Waals surface area contributed by atoms with Gasteiger partial charge in [0.25, 0.3) is 0 Å². The molecule has 1 unspecified atom stereocenters. The maximum atomic E-state index is 12.7. The number of carbonyl (C=O) groups is 1. The molecule has 28 heavy (non-hydrogen) atoms. The zero-order chi connectivity index (χ0) is 19.5. The lowest BCUT2D eigenvalue weighted by Gasteiger charge is -2.32. The summed E-state index contributed by atoms with van der Waals surface area (Å²) in [4.78, 5) is 19.5. The van der Waals surface area contributed by atoms with E-state index >= 15 is 0 Å². The molecule has 1 aliphatic rings. The fourth-order valence-electron chi connectivity index (χ4n) is 3.65. The number of nitrogens with zero attached hydrogens (tertiary/aromatic N) is 5. The third kappa shape index (κ3) is 3.62. The van der Waals surface area contributed by atoms with E-state index in [2.05, 4.69) is 25.4 Å². The molecule has 8 heteroatoms. The van der Waals surface area contributed by atoms with Crippen molar-refractivity contribution in [3.8, 4) is 5.88 Å². The van der Waals surface area contributed by atoms with Crippen molar-refractivity contribution in [1.82, 2.24) is 25.1 Å². The van der Waals surface area contributed by atoms with Crippen LogP contribution in [0.3, 0.4) is 0 Å². The Bertz CT molecular complexity index is 968. The van der Waals surface area contributed by atoms with E-state index in [1.54, 1.807) is 13.2 Å². The standard InChI is InChI=1S/C20H24N6O2/c1-25-16-8-4-3-7-15(16)22-18(25)12-21-20(27)14-6-5-11-26(13-14)17-9-10-19(28-2)24-23-17/h3-4,7-10,14H,5-6,11-13H2,1-2H3,(H,21,27). The van der Waals surface area contributed by atoms with Crippen LogP contribution >= 0.6 is 0 Å². The normalized spacial score (nSPS) is 16.9. The number of carbonyl (C=O) groups excluding carboxylic acids is 1. The monoisotopic (exact) mass is 380 g/mol. The quantitative estimate of drug-likeness (QED) is 0.728. The van der Waals surface area contributed by atoms with Gasteiger partial charge in [-0.15, -0.1) is 10.2 Å². The number of rotatable bonds is 5. The zero-order valence-corrected chi connectivity index (χ0v) is 16.1. The van der Waals surface area contributed by atoms with Crippen LogP contribution in [0.2, 0.25) is 0 Å². The number of aryl methyl sites for hydroxylation is 1. The van der Waals surface area contributed by atoms with Crippen LogP contribution in [0, 0.1) is 5.92 Å². The highest BCUT2D eigenvalue weighted by Gasteiger charge is 2.27. The van der Waals surface area contributed by atoms with Crippen molar-refractivity contribution >= 4 is 22.8 Å². The number of hydrogen-bond acceptors (Lipinski definition) is 6. The van der Waals surface area contributed by atoms with Gasteiger partial charge < -0.3 is 19.5 Å². The van der Waals surface area contributed by atoms with Crippen molar-refractivity contribution in [2.24, 2.45) is 13.0 Å². The van der Waals surface area contributed by atoms with E-state index in [9.17, 15) is 4.79 Å². The summed E-state index contributed by atoms with van der Waals surface area (Å²) < 4.78 is 7.08. The number of benzene rings is 1. The first-order valence-electron chi connectivity index (χ1n) is 9.46. The second-order valence-electron chi connectivity index (χ2n) is 7.01. The summed E-state index contributed by atoms with van der Waals surface area (Å²) in [5.41, 5.74) is 2.00. The van der Waals surface area contributed by atoms with Gasteiger partial charge in [-0.3, -0.25) is 4.79 Å². The number of aromatic nitrogens is 4. The summed E-state index contributed by atoms with van der Waals surface area (Å²) in [5, 5.41) is 11.3. The Labute approximate surface area is 163 Å². The Morgan fingerprint density at radius 1 is 1.25 bits per heavy atom. The van der Waals surface area contributed by atoms with Crippen LogP contribution in [0.1, 0.15) is 18.7 Å². The van der Waals surface area contributed by atoms with Gasteiger partial charge in [0.05, 0.1) is 30.6 Å². The van der Waals surface area contributed by atoms with Crippen LogP contribution < -0.4 is 15.0 Å². The first-order chi connectivity index (χ1) is 13.7. The average Bonchev–Trinajstić information content (AvgIpc) is 3.08. The van der Waals surface area contributed by atoms with Gasteiger partial charge in [-0.05, 0) is 31.0 Å².